The number of hydrogen-bond donors (Lipinski definition) is 2. The van der Waals surface area contributed by atoms with Crippen molar-refractivity contribution in [3.05, 3.63) is 53.7 Å². The lowest BCUT2D eigenvalue weighted by molar-refractivity contribution is 0.220. The second kappa shape index (κ2) is 5.51. The van der Waals surface area contributed by atoms with E-state index in [0.717, 1.165) is 11.3 Å². The maximum absolute atomic E-state index is 10.2. The predicted octanol–water partition coefficient (Wildman–Crippen LogP) is 2.14. The van der Waals surface area contributed by atoms with Crippen LogP contribution in [0.25, 0.3) is 0 Å². The smallest absolute Gasteiger partial charge is 0.129 e. The van der Waals surface area contributed by atoms with E-state index >= 15 is 0 Å². The van der Waals surface area contributed by atoms with Crippen molar-refractivity contribution < 1.29 is 9.84 Å². The van der Waals surface area contributed by atoms with Crippen LogP contribution in [-0.2, 0) is 0 Å². The van der Waals surface area contributed by atoms with Gasteiger partial charge in [-0.3, -0.25) is 0 Å². The molecule has 0 bridgehead atoms. The third-order valence-electron chi connectivity index (χ3n) is 2.67. The number of aliphatic hydroxyl groups excluding tert-OH is 1. The summed E-state index contributed by atoms with van der Waals surface area (Å²) in [6, 6.07) is 10.8. The molecule has 3 N–H and O–H groups in total. The van der Waals surface area contributed by atoms with E-state index in [1.165, 1.54) is 0 Å². The van der Waals surface area contributed by atoms with Crippen LogP contribution in [0.4, 0.5) is 5.82 Å². The molecule has 0 aliphatic carbocycles. The zero-order chi connectivity index (χ0) is 13.0. The zero-order valence-corrected chi connectivity index (χ0v) is 10.2. The number of ether oxygens (including phenoxy) is 1. The van der Waals surface area contributed by atoms with Crippen molar-refractivity contribution in [3.8, 4) is 5.75 Å². The lowest BCUT2D eigenvalue weighted by atomic mass is 10.0. The number of nitrogen functional groups attached to an aromatic ring is 1. The first-order valence-corrected chi connectivity index (χ1v) is 5.83. The average Bonchev–Trinajstić information content (AvgIpc) is 2.40. The van der Waals surface area contributed by atoms with Crippen LogP contribution >= 0.6 is 0 Å². The lowest BCUT2D eigenvalue weighted by Gasteiger charge is -2.13. The Morgan fingerprint density at radius 3 is 2.61 bits per heavy atom. The highest BCUT2D eigenvalue weighted by atomic mass is 16.5. The van der Waals surface area contributed by atoms with E-state index in [0.29, 0.717) is 18.0 Å². The van der Waals surface area contributed by atoms with Gasteiger partial charge in [0.2, 0.25) is 0 Å². The summed E-state index contributed by atoms with van der Waals surface area (Å²) >= 11 is 0. The molecule has 0 spiro atoms. The summed E-state index contributed by atoms with van der Waals surface area (Å²) in [4.78, 5) is 3.97. The summed E-state index contributed by atoms with van der Waals surface area (Å²) < 4.78 is 5.35. The van der Waals surface area contributed by atoms with Crippen LogP contribution in [0.5, 0.6) is 5.75 Å². The average molecular weight is 244 g/mol. The summed E-state index contributed by atoms with van der Waals surface area (Å²) in [5, 5.41) is 10.2. The van der Waals surface area contributed by atoms with Gasteiger partial charge in [-0.15, -0.1) is 0 Å². The molecule has 0 amide bonds. The molecule has 1 aromatic heterocycles. The summed E-state index contributed by atoms with van der Waals surface area (Å²) in [5.41, 5.74) is 7.12. The molecule has 4 nitrogen and oxygen atoms in total. The third-order valence-corrected chi connectivity index (χ3v) is 2.67. The lowest BCUT2D eigenvalue weighted by Crippen LogP contribution is -2.05. The Bertz CT molecular complexity index is 511. The Balaban J connectivity index is 2.23. The van der Waals surface area contributed by atoms with Gasteiger partial charge in [-0.1, -0.05) is 18.2 Å². The van der Waals surface area contributed by atoms with Gasteiger partial charge >= 0.3 is 0 Å². The molecule has 94 valence electrons. The first-order valence-electron chi connectivity index (χ1n) is 5.83. The van der Waals surface area contributed by atoms with E-state index in [1.54, 1.807) is 18.3 Å². The second-order valence-corrected chi connectivity index (χ2v) is 3.88. The zero-order valence-electron chi connectivity index (χ0n) is 10.2. The topological polar surface area (TPSA) is 68.4 Å². The number of rotatable bonds is 4. The molecule has 2 rings (SSSR count). The van der Waals surface area contributed by atoms with Crippen molar-refractivity contribution in [1.29, 1.82) is 0 Å². The number of aliphatic hydroxyl groups is 1. The normalized spacial score (nSPS) is 12.1. The predicted molar refractivity (Wildman–Crippen MR) is 70.3 cm³/mol. The molecule has 0 saturated carbocycles. The highest BCUT2D eigenvalue weighted by Gasteiger charge is 2.13. The second-order valence-electron chi connectivity index (χ2n) is 3.88. The van der Waals surface area contributed by atoms with Gasteiger partial charge in [0.15, 0.2) is 0 Å². The van der Waals surface area contributed by atoms with E-state index in [1.807, 2.05) is 31.2 Å². The molecule has 0 saturated heterocycles. The first kappa shape index (κ1) is 12.4. The minimum Gasteiger partial charge on any atom is -0.494 e. The van der Waals surface area contributed by atoms with Crippen molar-refractivity contribution in [3.63, 3.8) is 0 Å². The monoisotopic (exact) mass is 244 g/mol. The first-order chi connectivity index (χ1) is 8.72. The van der Waals surface area contributed by atoms with Crippen molar-refractivity contribution in [2.45, 2.75) is 13.0 Å². The van der Waals surface area contributed by atoms with Crippen molar-refractivity contribution >= 4 is 5.82 Å². The van der Waals surface area contributed by atoms with E-state index in [4.69, 9.17) is 10.5 Å². The van der Waals surface area contributed by atoms with Crippen molar-refractivity contribution in [1.82, 2.24) is 4.98 Å². The Labute approximate surface area is 106 Å². The number of benzene rings is 1. The SMILES string of the molecule is CCOc1ccc(C(O)c2cccnc2N)cc1. The van der Waals surface area contributed by atoms with Gasteiger partial charge in [-0.2, -0.15) is 0 Å². The fraction of sp³-hybridized carbons (Fsp3) is 0.214. The summed E-state index contributed by atoms with van der Waals surface area (Å²) in [6.07, 6.45) is 0.832. The Hall–Kier alpha value is -2.07. The molecule has 1 atom stereocenters. The van der Waals surface area contributed by atoms with Crippen LogP contribution in [0, 0.1) is 0 Å². The standard InChI is InChI=1S/C14H16N2O2/c1-2-18-11-7-5-10(6-8-11)13(17)12-4-3-9-16-14(12)15/h3-9,13,17H,2H2,1H3,(H2,15,16). The Kier molecular flexibility index (Phi) is 3.79. The molecule has 0 aliphatic rings. The van der Waals surface area contributed by atoms with Gasteiger partial charge in [0, 0.05) is 11.8 Å². The van der Waals surface area contributed by atoms with Crippen molar-refractivity contribution in [2.24, 2.45) is 0 Å². The van der Waals surface area contributed by atoms with Crippen LogP contribution in [0.15, 0.2) is 42.6 Å². The molecule has 18 heavy (non-hydrogen) atoms. The minimum absolute atomic E-state index is 0.346. The maximum Gasteiger partial charge on any atom is 0.129 e. The maximum atomic E-state index is 10.2. The third kappa shape index (κ3) is 2.60. The van der Waals surface area contributed by atoms with Crippen LogP contribution in [-0.4, -0.2) is 16.7 Å². The molecule has 2 aromatic rings. The van der Waals surface area contributed by atoms with Gasteiger partial charge in [0.05, 0.1) is 6.61 Å². The number of hydrogen-bond acceptors (Lipinski definition) is 4. The summed E-state index contributed by atoms with van der Waals surface area (Å²) in [6.45, 7) is 2.55. The Morgan fingerprint density at radius 1 is 1.28 bits per heavy atom. The van der Waals surface area contributed by atoms with Gasteiger partial charge in [0.1, 0.15) is 17.7 Å². The summed E-state index contributed by atoms with van der Waals surface area (Å²) in [5.74, 6) is 1.13. The highest BCUT2D eigenvalue weighted by molar-refractivity contribution is 5.44. The van der Waals surface area contributed by atoms with Gasteiger partial charge in [-0.25, -0.2) is 4.98 Å². The van der Waals surface area contributed by atoms with Crippen LogP contribution in [0.1, 0.15) is 24.2 Å². The van der Waals surface area contributed by atoms with E-state index in [2.05, 4.69) is 4.98 Å². The molecule has 1 heterocycles. The number of aromatic nitrogens is 1. The van der Waals surface area contributed by atoms with Crippen LogP contribution < -0.4 is 10.5 Å². The highest BCUT2D eigenvalue weighted by Crippen LogP contribution is 2.26. The molecular weight excluding hydrogens is 228 g/mol. The van der Waals surface area contributed by atoms with Gasteiger partial charge < -0.3 is 15.6 Å². The van der Waals surface area contributed by atoms with Gasteiger partial charge in [-0.05, 0) is 30.7 Å². The molecule has 1 aromatic carbocycles. The molecule has 4 heteroatoms. The largest absolute Gasteiger partial charge is 0.494 e. The van der Waals surface area contributed by atoms with Crippen LogP contribution in [0.3, 0.4) is 0 Å². The van der Waals surface area contributed by atoms with Gasteiger partial charge in [0.25, 0.3) is 0 Å². The van der Waals surface area contributed by atoms with Crippen LogP contribution in [0.2, 0.25) is 0 Å². The molecular formula is C14H16N2O2. The molecule has 0 radical (unpaired) electrons. The molecule has 0 fully saturated rings. The van der Waals surface area contributed by atoms with E-state index in [9.17, 15) is 5.11 Å². The summed E-state index contributed by atoms with van der Waals surface area (Å²) in [7, 11) is 0. The number of anilines is 1. The number of nitrogens with zero attached hydrogens (tertiary/aromatic N) is 1. The molecule has 0 aliphatic heterocycles. The fourth-order valence-electron chi connectivity index (χ4n) is 1.75. The molecule has 1 unspecified atom stereocenters. The number of pyridine rings is 1. The quantitative estimate of drug-likeness (QED) is 0.864. The van der Waals surface area contributed by atoms with Crippen molar-refractivity contribution in [2.75, 3.05) is 12.3 Å². The van der Waals surface area contributed by atoms with E-state index < -0.39 is 6.10 Å². The fourth-order valence-corrected chi connectivity index (χ4v) is 1.75. The Morgan fingerprint density at radius 2 is 2.00 bits per heavy atom. The number of nitrogens with two attached hydrogens (primary N) is 1. The van der Waals surface area contributed by atoms with E-state index in [-0.39, 0.29) is 0 Å². The minimum atomic E-state index is -0.769.